The van der Waals surface area contributed by atoms with Gasteiger partial charge < -0.3 is 5.73 Å². The van der Waals surface area contributed by atoms with Gasteiger partial charge in [0.15, 0.2) is 0 Å². The second kappa shape index (κ2) is 3.46. The molecule has 1 aromatic carbocycles. The molecule has 0 spiro atoms. The van der Waals surface area contributed by atoms with E-state index in [0.29, 0.717) is 0 Å². The predicted molar refractivity (Wildman–Crippen MR) is 63.6 cm³/mol. The van der Waals surface area contributed by atoms with Crippen LogP contribution in [0.25, 0.3) is 10.4 Å². The summed E-state index contributed by atoms with van der Waals surface area (Å²) in [7, 11) is 0. The van der Waals surface area contributed by atoms with E-state index in [1.54, 1.807) is 11.3 Å². The molecular weight excluding hydrogens is 190 g/mol. The highest BCUT2D eigenvalue weighted by molar-refractivity contribution is 7.13. The van der Waals surface area contributed by atoms with Crippen molar-refractivity contribution >= 4 is 17.0 Å². The first kappa shape index (κ1) is 9.28. The summed E-state index contributed by atoms with van der Waals surface area (Å²) in [6, 6.07) is 8.27. The van der Waals surface area contributed by atoms with Gasteiger partial charge in [-0.3, -0.25) is 0 Å². The third-order valence-electron chi connectivity index (χ3n) is 2.48. The number of hydrogen-bond acceptors (Lipinski definition) is 2. The van der Waals surface area contributed by atoms with Crippen LogP contribution in [0, 0.1) is 13.8 Å². The number of nitrogens with two attached hydrogens (primary N) is 1. The number of benzene rings is 1. The zero-order chi connectivity index (χ0) is 10.1. The number of aryl methyl sites for hydroxylation is 1. The van der Waals surface area contributed by atoms with Gasteiger partial charge in [-0.25, -0.2) is 0 Å². The minimum absolute atomic E-state index is 0.844. The van der Waals surface area contributed by atoms with Crippen LogP contribution in [0.3, 0.4) is 0 Å². The van der Waals surface area contributed by atoms with Gasteiger partial charge in [0.25, 0.3) is 0 Å². The molecule has 1 heterocycles. The van der Waals surface area contributed by atoms with E-state index in [1.165, 1.54) is 21.6 Å². The van der Waals surface area contributed by atoms with Crippen LogP contribution in [0.2, 0.25) is 0 Å². The van der Waals surface area contributed by atoms with Crippen molar-refractivity contribution in [3.05, 3.63) is 40.8 Å². The van der Waals surface area contributed by atoms with Crippen LogP contribution < -0.4 is 5.73 Å². The summed E-state index contributed by atoms with van der Waals surface area (Å²) >= 11 is 1.75. The summed E-state index contributed by atoms with van der Waals surface area (Å²) in [6.45, 7) is 4.24. The largest absolute Gasteiger partial charge is 0.399 e. The molecule has 0 saturated heterocycles. The van der Waals surface area contributed by atoms with Gasteiger partial charge in [0.2, 0.25) is 0 Å². The van der Waals surface area contributed by atoms with Crippen molar-refractivity contribution in [2.24, 2.45) is 0 Å². The Balaban J connectivity index is 2.64. The van der Waals surface area contributed by atoms with E-state index >= 15 is 0 Å². The van der Waals surface area contributed by atoms with Crippen molar-refractivity contribution in [3.63, 3.8) is 0 Å². The fourth-order valence-electron chi connectivity index (χ4n) is 1.58. The lowest BCUT2D eigenvalue weighted by Crippen LogP contribution is -1.91. The Hall–Kier alpha value is -1.28. The molecule has 2 rings (SSSR count). The Kier molecular flexibility index (Phi) is 2.30. The topological polar surface area (TPSA) is 26.0 Å². The molecule has 72 valence electrons. The Bertz CT molecular complexity index is 444. The minimum Gasteiger partial charge on any atom is -0.399 e. The summed E-state index contributed by atoms with van der Waals surface area (Å²) in [6.07, 6.45) is 0. The SMILES string of the molecule is Cc1cc(N)cc(-c2cccs2)c1C. The molecule has 0 amide bonds. The molecule has 1 aromatic heterocycles. The highest BCUT2D eigenvalue weighted by Gasteiger charge is 2.05. The van der Waals surface area contributed by atoms with E-state index in [-0.39, 0.29) is 0 Å². The van der Waals surface area contributed by atoms with Crippen molar-refractivity contribution < 1.29 is 0 Å². The van der Waals surface area contributed by atoms with E-state index in [2.05, 4.69) is 31.4 Å². The average molecular weight is 203 g/mol. The summed E-state index contributed by atoms with van der Waals surface area (Å²) in [5.41, 5.74) is 10.5. The quantitative estimate of drug-likeness (QED) is 0.704. The van der Waals surface area contributed by atoms with Crippen molar-refractivity contribution in [1.82, 2.24) is 0 Å². The Labute approximate surface area is 88.2 Å². The third kappa shape index (κ3) is 1.53. The van der Waals surface area contributed by atoms with Gasteiger partial charge in [-0.05, 0) is 54.1 Å². The Morgan fingerprint density at radius 1 is 1.21 bits per heavy atom. The molecule has 0 unspecified atom stereocenters. The van der Waals surface area contributed by atoms with Gasteiger partial charge in [-0.1, -0.05) is 6.07 Å². The highest BCUT2D eigenvalue weighted by Crippen LogP contribution is 2.31. The van der Waals surface area contributed by atoms with Crippen molar-refractivity contribution in [2.45, 2.75) is 13.8 Å². The monoisotopic (exact) mass is 203 g/mol. The number of rotatable bonds is 1. The molecule has 2 N–H and O–H groups in total. The first-order valence-corrected chi connectivity index (χ1v) is 5.47. The smallest absolute Gasteiger partial charge is 0.0346 e. The average Bonchev–Trinajstić information content (AvgIpc) is 2.63. The normalized spacial score (nSPS) is 10.4. The maximum atomic E-state index is 5.84. The molecule has 14 heavy (non-hydrogen) atoms. The van der Waals surface area contributed by atoms with Crippen molar-refractivity contribution in [1.29, 1.82) is 0 Å². The number of anilines is 1. The van der Waals surface area contributed by atoms with E-state index < -0.39 is 0 Å². The van der Waals surface area contributed by atoms with Gasteiger partial charge in [0.1, 0.15) is 0 Å². The van der Waals surface area contributed by atoms with E-state index in [0.717, 1.165) is 5.69 Å². The molecule has 0 aliphatic carbocycles. The molecule has 2 aromatic rings. The third-order valence-corrected chi connectivity index (χ3v) is 3.38. The molecule has 2 heteroatoms. The molecular formula is C12H13NS. The molecule has 0 saturated carbocycles. The van der Waals surface area contributed by atoms with Crippen molar-refractivity contribution in [3.8, 4) is 10.4 Å². The fraction of sp³-hybridized carbons (Fsp3) is 0.167. The number of hydrogen-bond donors (Lipinski definition) is 1. The Morgan fingerprint density at radius 2 is 2.00 bits per heavy atom. The standard InChI is InChI=1S/C12H13NS/c1-8-6-10(13)7-11(9(8)2)12-4-3-5-14-12/h3-7H,13H2,1-2H3. The summed E-state index contributed by atoms with van der Waals surface area (Å²) < 4.78 is 0. The lowest BCUT2D eigenvalue weighted by molar-refractivity contribution is 1.35. The van der Waals surface area contributed by atoms with Gasteiger partial charge in [0.05, 0.1) is 0 Å². The van der Waals surface area contributed by atoms with Crippen LogP contribution in [0.15, 0.2) is 29.6 Å². The van der Waals surface area contributed by atoms with Crippen molar-refractivity contribution in [2.75, 3.05) is 5.73 Å². The summed E-state index contributed by atoms with van der Waals surface area (Å²) in [5, 5.41) is 2.09. The first-order chi connectivity index (χ1) is 6.68. The molecule has 0 fully saturated rings. The zero-order valence-electron chi connectivity index (χ0n) is 8.37. The first-order valence-electron chi connectivity index (χ1n) is 4.59. The van der Waals surface area contributed by atoms with Gasteiger partial charge in [0, 0.05) is 10.6 Å². The fourth-order valence-corrected chi connectivity index (χ4v) is 2.37. The van der Waals surface area contributed by atoms with Crippen LogP contribution in [0.1, 0.15) is 11.1 Å². The van der Waals surface area contributed by atoms with E-state index in [4.69, 9.17) is 5.73 Å². The van der Waals surface area contributed by atoms with Crippen LogP contribution in [0.5, 0.6) is 0 Å². The van der Waals surface area contributed by atoms with Gasteiger partial charge in [-0.15, -0.1) is 11.3 Å². The summed E-state index contributed by atoms with van der Waals surface area (Å²) in [4.78, 5) is 1.29. The van der Waals surface area contributed by atoms with Crippen LogP contribution in [-0.2, 0) is 0 Å². The maximum absolute atomic E-state index is 5.84. The second-order valence-corrected chi connectivity index (χ2v) is 4.44. The molecule has 0 aliphatic heterocycles. The minimum atomic E-state index is 0.844. The molecule has 0 bridgehead atoms. The number of nitrogen functional groups attached to an aromatic ring is 1. The van der Waals surface area contributed by atoms with E-state index in [1.807, 2.05) is 12.1 Å². The van der Waals surface area contributed by atoms with Gasteiger partial charge >= 0.3 is 0 Å². The van der Waals surface area contributed by atoms with Gasteiger partial charge in [-0.2, -0.15) is 0 Å². The number of thiophene rings is 1. The highest BCUT2D eigenvalue weighted by atomic mass is 32.1. The Morgan fingerprint density at radius 3 is 2.64 bits per heavy atom. The molecule has 0 atom stereocenters. The maximum Gasteiger partial charge on any atom is 0.0346 e. The second-order valence-electron chi connectivity index (χ2n) is 3.49. The lowest BCUT2D eigenvalue weighted by Gasteiger charge is -2.08. The lowest BCUT2D eigenvalue weighted by atomic mass is 10.0. The predicted octanol–water partition coefficient (Wildman–Crippen LogP) is 3.61. The van der Waals surface area contributed by atoms with Crippen LogP contribution in [0.4, 0.5) is 5.69 Å². The van der Waals surface area contributed by atoms with Crippen LogP contribution in [-0.4, -0.2) is 0 Å². The molecule has 0 radical (unpaired) electrons. The van der Waals surface area contributed by atoms with Crippen LogP contribution >= 0.6 is 11.3 Å². The van der Waals surface area contributed by atoms with E-state index in [9.17, 15) is 0 Å². The molecule has 1 nitrogen and oxygen atoms in total. The zero-order valence-corrected chi connectivity index (χ0v) is 9.19. The molecule has 0 aliphatic rings. The summed E-state index contributed by atoms with van der Waals surface area (Å²) in [5.74, 6) is 0.